The smallest absolute Gasteiger partial charge is 0.221 e. The third kappa shape index (κ3) is 3.67. The van der Waals surface area contributed by atoms with E-state index in [0.717, 1.165) is 26.0 Å². The second-order valence-corrected chi connectivity index (χ2v) is 7.14. The van der Waals surface area contributed by atoms with Gasteiger partial charge in [0.2, 0.25) is 0 Å². The van der Waals surface area contributed by atoms with Gasteiger partial charge in [-0.15, -0.1) is 0 Å². The fraction of sp³-hybridized carbons (Fsp3) is 0.333. The first-order valence-corrected chi connectivity index (χ1v) is 8.48. The molecule has 0 nitrogen and oxygen atoms in total. The monoisotopic (exact) mass is 468 g/mol. The van der Waals surface area contributed by atoms with E-state index in [2.05, 4.69) is 0 Å². The lowest BCUT2D eigenvalue weighted by Crippen LogP contribution is -2.60. The minimum Gasteiger partial charge on any atom is -0.221 e. The summed E-state index contributed by atoms with van der Waals surface area (Å²) in [6.45, 7) is 2.24. The van der Waals surface area contributed by atoms with Gasteiger partial charge in [0.15, 0.2) is 0 Å². The van der Waals surface area contributed by atoms with Crippen LogP contribution < -0.4 is 0 Å². The van der Waals surface area contributed by atoms with Gasteiger partial charge in [-0.05, 0) is 37.1 Å². The van der Waals surface area contributed by atoms with Gasteiger partial charge in [0, 0.05) is 21.2 Å². The zero-order valence-electron chi connectivity index (χ0n) is 14.5. The molecule has 0 N–H and O–H groups in total. The van der Waals surface area contributed by atoms with Crippen molar-refractivity contribution in [3.8, 4) is 11.1 Å². The predicted molar refractivity (Wildman–Crippen MR) is 91.2 cm³/mol. The van der Waals surface area contributed by atoms with Crippen molar-refractivity contribution in [2.24, 2.45) is 0 Å². The highest BCUT2D eigenvalue weighted by molar-refractivity contribution is 6.39. The molecular formula is C18H11Cl2F9. The Labute approximate surface area is 169 Å². The highest BCUT2D eigenvalue weighted by Gasteiger charge is 2.82. The standard InChI is InChI=1S/C18H11Cl2F9/c1-8-6-9(2)13(14-11(19)4-3-5-12(14)20)10(7-8)15(21,17(24,25)26)16(22,23)18(27,28)29/h3-7H,1-2H3. The summed E-state index contributed by atoms with van der Waals surface area (Å²) in [7, 11) is 0. The topological polar surface area (TPSA) is 0 Å². The molecule has 1 unspecified atom stereocenters. The zero-order chi connectivity index (χ0) is 22.6. The molecule has 2 aromatic rings. The molecule has 0 heterocycles. The first-order valence-electron chi connectivity index (χ1n) is 7.73. The second-order valence-electron chi connectivity index (χ2n) is 6.33. The molecule has 0 spiro atoms. The molecule has 1 atom stereocenters. The number of halogens is 11. The normalized spacial score (nSPS) is 15.3. The van der Waals surface area contributed by atoms with Crippen LogP contribution in [0.4, 0.5) is 39.5 Å². The van der Waals surface area contributed by atoms with Gasteiger partial charge < -0.3 is 0 Å². The van der Waals surface area contributed by atoms with Crippen LogP contribution in [-0.4, -0.2) is 18.3 Å². The number of benzene rings is 2. The van der Waals surface area contributed by atoms with Crippen LogP contribution in [-0.2, 0) is 5.67 Å². The van der Waals surface area contributed by atoms with Crippen LogP contribution >= 0.6 is 23.2 Å². The lowest BCUT2D eigenvalue weighted by atomic mass is 9.80. The summed E-state index contributed by atoms with van der Waals surface area (Å²) < 4.78 is 123. The molecule has 11 heteroatoms. The number of rotatable bonds is 3. The van der Waals surface area contributed by atoms with Gasteiger partial charge in [-0.1, -0.05) is 47.0 Å². The van der Waals surface area contributed by atoms with Crippen molar-refractivity contribution in [2.45, 2.75) is 37.8 Å². The predicted octanol–water partition coefficient (Wildman–Crippen LogP) is 8.20. The van der Waals surface area contributed by atoms with Crippen molar-refractivity contribution in [1.29, 1.82) is 0 Å². The van der Waals surface area contributed by atoms with Crippen LogP contribution in [0.15, 0.2) is 30.3 Å². The molecule has 0 aliphatic carbocycles. The highest BCUT2D eigenvalue weighted by Crippen LogP contribution is 2.60. The molecule has 0 amide bonds. The van der Waals surface area contributed by atoms with Crippen molar-refractivity contribution in [3.05, 3.63) is 57.1 Å². The molecule has 160 valence electrons. The minimum absolute atomic E-state index is 0.173. The molecule has 29 heavy (non-hydrogen) atoms. The van der Waals surface area contributed by atoms with Gasteiger partial charge in [-0.3, -0.25) is 0 Å². The Morgan fingerprint density at radius 2 is 1.17 bits per heavy atom. The first kappa shape index (κ1) is 23.7. The Balaban J connectivity index is 3.10. The maximum absolute atomic E-state index is 15.2. The van der Waals surface area contributed by atoms with Crippen LogP contribution in [0.2, 0.25) is 10.0 Å². The van der Waals surface area contributed by atoms with Gasteiger partial charge in [-0.25, -0.2) is 4.39 Å². The maximum Gasteiger partial charge on any atom is 0.457 e. The van der Waals surface area contributed by atoms with Crippen LogP contribution in [0, 0.1) is 13.8 Å². The van der Waals surface area contributed by atoms with E-state index in [1.807, 2.05) is 0 Å². The van der Waals surface area contributed by atoms with Gasteiger partial charge in [0.1, 0.15) is 0 Å². The van der Waals surface area contributed by atoms with Crippen LogP contribution in [0.5, 0.6) is 0 Å². The Kier molecular flexibility index (Phi) is 5.93. The van der Waals surface area contributed by atoms with Crippen LogP contribution in [0.3, 0.4) is 0 Å². The molecule has 2 rings (SSSR count). The van der Waals surface area contributed by atoms with Crippen molar-refractivity contribution >= 4 is 23.2 Å². The number of hydrogen-bond acceptors (Lipinski definition) is 0. The largest absolute Gasteiger partial charge is 0.457 e. The van der Waals surface area contributed by atoms with E-state index in [0.29, 0.717) is 0 Å². The average Bonchev–Trinajstić information content (AvgIpc) is 2.52. The molecule has 2 aromatic carbocycles. The summed E-state index contributed by atoms with van der Waals surface area (Å²) in [6, 6.07) is 4.99. The number of aryl methyl sites for hydroxylation is 2. The van der Waals surface area contributed by atoms with Gasteiger partial charge in [0.25, 0.3) is 0 Å². The van der Waals surface area contributed by atoms with Gasteiger partial charge in [-0.2, -0.15) is 35.1 Å². The maximum atomic E-state index is 15.2. The minimum atomic E-state index is -6.84. The lowest BCUT2D eigenvalue weighted by Gasteiger charge is -2.37. The van der Waals surface area contributed by atoms with Crippen molar-refractivity contribution in [2.75, 3.05) is 0 Å². The number of alkyl halides is 9. The summed E-state index contributed by atoms with van der Waals surface area (Å²) in [4.78, 5) is 0. The Morgan fingerprint density at radius 3 is 1.59 bits per heavy atom. The SMILES string of the molecule is Cc1cc(C)c(-c2c(Cl)cccc2Cl)c(C(F)(C(F)(F)F)C(F)(F)C(F)(F)F)c1. The van der Waals surface area contributed by atoms with E-state index < -0.39 is 40.6 Å². The van der Waals surface area contributed by atoms with Crippen molar-refractivity contribution in [1.82, 2.24) is 0 Å². The zero-order valence-corrected chi connectivity index (χ0v) is 16.1. The highest BCUT2D eigenvalue weighted by atomic mass is 35.5. The molecule has 0 fully saturated rings. The average molecular weight is 469 g/mol. The quantitative estimate of drug-likeness (QED) is 0.398. The molecule has 0 aliphatic rings. The van der Waals surface area contributed by atoms with E-state index in [-0.39, 0.29) is 27.2 Å². The molecule has 0 radical (unpaired) electrons. The van der Waals surface area contributed by atoms with Gasteiger partial charge in [0.05, 0.1) is 0 Å². The molecule has 0 aliphatic heterocycles. The lowest BCUT2D eigenvalue weighted by molar-refractivity contribution is -0.389. The third-order valence-electron chi connectivity index (χ3n) is 4.24. The molecule has 0 aromatic heterocycles. The first-order chi connectivity index (χ1) is 13.0. The summed E-state index contributed by atoms with van der Waals surface area (Å²) >= 11 is 11.8. The van der Waals surface area contributed by atoms with Crippen LogP contribution in [0.25, 0.3) is 11.1 Å². The Hall–Kier alpha value is -1.61. The van der Waals surface area contributed by atoms with Crippen LogP contribution in [0.1, 0.15) is 16.7 Å². The van der Waals surface area contributed by atoms with Crippen molar-refractivity contribution in [3.63, 3.8) is 0 Å². The van der Waals surface area contributed by atoms with E-state index >= 15 is 4.39 Å². The summed E-state index contributed by atoms with van der Waals surface area (Å²) in [5.74, 6) is -6.80. The summed E-state index contributed by atoms with van der Waals surface area (Å²) in [5, 5.41) is -0.712. The fourth-order valence-corrected chi connectivity index (χ4v) is 3.59. The summed E-state index contributed by atoms with van der Waals surface area (Å²) in [6.07, 6.45) is -13.5. The fourth-order valence-electron chi connectivity index (χ4n) is 3.00. The molecular weight excluding hydrogens is 458 g/mol. The Bertz CT molecular complexity index is 912. The van der Waals surface area contributed by atoms with E-state index in [1.165, 1.54) is 12.1 Å². The third-order valence-corrected chi connectivity index (χ3v) is 4.87. The van der Waals surface area contributed by atoms with Crippen molar-refractivity contribution < 1.29 is 39.5 Å². The second kappa shape index (κ2) is 7.27. The molecule has 0 saturated carbocycles. The summed E-state index contributed by atoms with van der Waals surface area (Å²) in [5.41, 5.74) is -9.82. The van der Waals surface area contributed by atoms with E-state index in [4.69, 9.17) is 23.2 Å². The van der Waals surface area contributed by atoms with E-state index in [9.17, 15) is 35.1 Å². The Morgan fingerprint density at radius 1 is 0.690 bits per heavy atom. The van der Waals surface area contributed by atoms with E-state index in [1.54, 1.807) is 0 Å². The molecule has 0 saturated heterocycles. The number of hydrogen-bond donors (Lipinski definition) is 0. The van der Waals surface area contributed by atoms with Gasteiger partial charge >= 0.3 is 23.9 Å². The molecule has 0 bridgehead atoms.